The van der Waals surface area contributed by atoms with Gasteiger partial charge in [-0.1, -0.05) is 25.4 Å². The summed E-state index contributed by atoms with van der Waals surface area (Å²) in [5.74, 6) is 0. The Kier molecular flexibility index (Phi) is 5.69. The third kappa shape index (κ3) is 5.18. The van der Waals surface area contributed by atoms with Gasteiger partial charge in [-0.3, -0.25) is 4.68 Å². The van der Waals surface area contributed by atoms with E-state index in [1.807, 2.05) is 0 Å². The number of aliphatic hydroxyl groups is 1. The highest BCUT2D eigenvalue weighted by molar-refractivity contribution is 6.30. The third-order valence-electron chi connectivity index (χ3n) is 3.87. The van der Waals surface area contributed by atoms with E-state index in [4.69, 9.17) is 11.6 Å². The Bertz CT molecular complexity index is 503. The zero-order valence-electron chi connectivity index (χ0n) is 13.3. The van der Waals surface area contributed by atoms with E-state index in [2.05, 4.69) is 24.3 Å². The first kappa shape index (κ1) is 17.1. The van der Waals surface area contributed by atoms with Crippen LogP contribution in [-0.4, -0.2) is 51.6 Å². The summed E-state index contributed by atoms with van der Waals surface area (Å²) in [5.41, 5.74) is -0.0565. The molecule has 1 aliphatic heterocycles. The van der Waals surface area contributed by atoms with E-state index in [1.54, 1.807) is 22.0 Å². The number of hydrogen-bond donors (Lipinski definition) is 2. The zero-order valence-corrected chi connectivity index (χ0v) is 14.0. The van der Waals surface area contributed by atoms with Crippen LogP contribution in [0.15, 0.2) is 12.4 Å². The molecule has 6 nitrogen and oxygen atoms in total. The van der Waals surface area contributed by atoms with Crippen molar-refractivity contribution in [2.75, 3.05) is 19.6 Å². The molecule has 0 radical (unpaired) electrons. The summed E-state index contributed by atoms with van der Waals surface area (Å²) in [5, 5.41) is 17.5. The molecular formula is C15H25ClN4O2. The van der Waals surface area contributed by atoms with Crippen molar-refractivity contribution in [1.82, 2.24) is 20.0 Å². The van der Waals surface area contributed by atoms with Crippen molar-refractivity contribution >= 4 is 17.6 Å². The summed E-state index contributed by atoms with van der Waals surface area (Å²) in [4.78, 5) is 14.1. The van der Waals surface area contributed by atoms with Crippen molar-refractivity contribution < 1.29 is 9.90 Å². The van der Waals surface area contributed by atoms with E-state index in [-0.39, 0.29) is 17.6 Å². The number of aryl methyl sites for hydroxylation is 1. The molecule has 2 rings (SSSR count). The summed E-state index contributed by atoms with van der Waals surface area (Å²) in [6.07, 6.45) is 5.22. The average molecular weight is 329 g/mol. The van der Waals surface area contributed by atoms with Crippen LogP contribution in [0.25, 0.3) is 0 Å². The van der Waals surface area contributed by atoms with Gasteiger partial charge in [0.2, 0.25) is 0 Å². The molecule has 1 saturated heterocycles. The summed E-state index contributed by atoms with van der Waals surface area (Å²) in [6, 6.07) is -0.0549. The molecule has 0 aliphatic carbocycles. The Balaban J connectivity index is 1.74. The van der Waals surface area contributed by atoms with Crippen LogP contribution in [0.4, 0.5) is 4.79 Å². The average Bonchev–Trinajstić information content (AvgIpc) is 2.77. The van der Waals surface area contributed by atoms with Gasteiger partial charge < -0.3 is 15.3 Å². The predicted molar refractivity (Wildman–Crippen MR) is 85.8 cm³/mol. The summed E-state index contributed by atoms with van der Waals surface area (Å²) in [6.45, 7) is 6.76. The molecule has 7 heteroatoms. The summed E-state index contributed by atoms with van der Waals surface area (Å²) < 4.78 is 1.76. The fourth-order valence-electron chi connectivity index (χ4n) is 2.89. The van der Waals surface area contributed by atoms with Crippen molar-refractivity contribution in [2.24, 2.45) is 5.41 Å². The van der Waals surface area contributed by atoms with Crippen molar-refractivity contribution in [2.45, 2.75) is 45.8 Å². The maximum absolute atomic E-state index is 12.3. The molecule has 0 saturated carbocycles. The van der Waals surface area contributed by atoms with Crippen molar-refractivity contribution in [3.63, 3.8) is 0 Å². The SMILES string of the molecule is CC1(C)C[C@H](O)CCN(C(=O)NCCCn2cc(Cl)cn2)C1. The van der Waals surface area contributed by atoms with E-state index in [1.165, 1.54) is 0 Å². The lowest BCUT2D eigenvalue weighted by atomic mass is 9.87. The van der Waals surface area contributed by atoms with Crippen LogP contribution in [0.1, 0.15) is 33.1 Å². The molecule has 2 N–H and O–H groups in total. The second-order valence-corrected chi connectivity index (χ2v) is 7.18. The molecule has 0 aromatic carbocycles. The topological polar surface area (TPSA) is 70.4 Å². The maximum Gasteiger partial charge on any atom is 0.317 e. The molecule has 2 amide bonds. The lowest BCUT2D eigenvalue weighted by molar-refractivity contribution is 0.121. The molecule has 2 heterocycles. The fourth-order valence-corrected chi connectivity index (χ4v) is 3.04. The van der Waals surface area contributed by atoms with Crippen LogP contribution in [0.3, 0.4) is 0 Å². The quantitative estimate of drug-likeness (QED) is 0.832. The van der Waals surface area contributed by atoms with Gasteiger partial charge in [0.1, 0.15) is 0 Å². The van der Waals surface area contributed by atoms with Crippen LogP contribution in [0, 0.1) is 5.41 Å². The number of nitrogens with one attached hydrogen (secondary N) is 1. The lowest BCUT2D eigenvalue weighted by Crippen LogP contribution is -2.44. The van der Waals surface area contributed by atoms with Gasteiger partial charge in [0.15, 0.2) is 0 Å². The van der Waals surface area contributed by atoms with Gasteiger partial charge in [0.25, 0.3) is 0 Å². The minimum Gasteiger partial charge on any atom is -0.393 e. The Labute approximate surface area is 136 Å². The Hall–Kier alpha value is -1.27. The minimum absolute atomic E-state index is 0.0549. The van der Waals surface area contributed by atoms with Gasteiger partial charge in [-0.2, -0.15) is 5.10 Å². The largest absolute Gasteiger partial charge is 0.393 e. The van der Waals surface area contributed by atoms with Gasteiger partial charge in [0.05, 0.1) is 17.3 Å². The molecule has 1 aromatic rings. The highest BCUT2D eigenvalue weighted by atomic mass is 35.5. The normalized spacial score (nSPS) is 21.5. The first-order valence-corrected chi connectivity index (χ1v) is 8.12. The standard InChI is InChI=1S/C15H25ClN4O2/c1-15(2)8-13(21)4-7-19(11-15)14(22)17-5-3-6-20-10-12(16)9-18-20/h9-10,13,21H,3-8,11H2,1-2H3,(H,17,22)/t13-/m1/s1. The Morgan fingerprint density at radius 1 is 1.59 bits per heavy atom. The van der Waals surface area contributed by atoms with Gasteiger partial charge in [0, 0.05) is 32.4 Å². The minimum atomic E-state index is -0.322. The van der Waals surface area contributed by atoms with Crippen LogP contribution in [-0.2, 0) is 6.54 Å². The zero-order chi connectivity index (χ0) is 16.2. The molecule has 0 spiro atoms. The monoisotopic (exact) mass is 328 g/mol. The molecule has 22 heavy (non-hydrogen) atoms. The number of amides is 2. The van der Waals surface area contributed by atoms with Crippen molar-refractivity contribution in [3.8, 4) is 0 Å². The van der Waals surface area contributed by atoms with Gasteiger partial charge in [-0.05, 0) is 24.7 Å². The number of likely N-dealkylation sites (tertiary alicyclic amines) is 1. The Morgan fingerprint density at radius 3 is 3.05 bits per heavy atom. The van der Waals surface area contributed by atoms with Crippen LogP contribution >= 0.6 is 11.6 Å². The molecule has 1 aromatic heterocycles. The molecule has 0 bridgehead atoms. The second-order valence-electron chi connectivity index (χ2n) is 6.74. The second kappa shape index (κ2) is 7.33. The van der Waals surface area contributed by atoms with Crippen molar-refractivity contribution in [3.05, 3.63) is 17.4 Å². The molecule has 1 fully saturated rings. The van der Waals surface area contributed by atoms with Gasteiger partial charge in [-0.25, -0.2) is 4.79 Å². The number of halogens is 1. The van der Waals surface area contributed by atoms with E-state index >= 15 is 0 Å². The lowest BCUT2D eigenvalue weighted by Gasteiger charge is -2.29. The number of rotatable bonds is 4. The summed E-state index contributed by atoms with van der Waals surface area (Å²) in [7, 11) is 0. The third-order valence-corrected chi connectivity index (χ3v) is 4.06. The van der Waals surface area contributed by atoms with E-state index in [9.17, 15) is 9.90 Å². The maximum atomic E-state index is 12.3. The number of aliphatic hydroxyl groups excluding tert-OH is 1. The Morgan fingerprint density at radius 2 is 2.36 bits per heavy atom. The number of nitrogens with zero attached hydrogens (tertiary/aromatic N) is 3. The smallest absolute Gasteiger partial charge is 0.317 e. The summed E-state index contributed by atoms with van der Waals surface area (Å²) >= 11 is 5.80. The molecule has 1 aliphatic rings. The van der Waals surface area contributed by atoms with E-state index < -0.39 is 0 Å². The number of aromatic nitrogens is 2. The van der Waals surface area contributed by atoms with Gasteiger partial charge in [-0.15, -0.1) is 0 Å². The van der Waals surface area contributed by atoms with Crippen LogP contribution < -0.4 is 5.32 Å². The van der Waals surface area contributed by atoms with Gasteiger partial charge >= 0.3 is 6.03 Å². The van der Waals surface area contributed by atoms with Crippen LogP contribution in [0.2, 0.25) is 5.02 Å². The molecular weight excluding hydrogens is 304 g/mol. The number of carbonyl (C=O) groups excluding carboxylic acids is 1. The first-order valence-electron chi connectivity index (χ1n) is 7.74. The fraction of sp³-hybridized carbons (Fsp3) is 0.733. The highest BCUT2D eigenvalue weighted by Gasteiger charge is 2.31. The van der Waals surface area contributed by atoms with E-state index in [0.717, 1.165) is 19.4 Å². The molecule has 0 unspecified atom stereocenters. The predicted octanol–water partition coefficient (Wildman–Crippen LogP) is 2.12. The van der Waals surface area contributed by atoms with E-state index in [0.29, 0.717) is 31.1 Å². The number of urea groups is 1. The molecule has 1 atom stereocenters. The molecule has 124 valence electrons. The number of hydrogen-bond acceptors (Lipinski definition) is 3. The van der Waals surface area contributed by atoms with Crippen LogP contribution in [0.5, 0.6) is 0 Å². The highest BCUT2D eigenvalue weighted by Crippen LogP contribution is 2.28. The van der Waals surface area contributed by atoms with Crippen molar-refractivity contribution in [1.29, 1.82) is 0 Å². The first-order chi connectivity index (χ1) is 10.4. The number of carbonyl (C=O) groups is 1.